The molecule has 0 atom stereocenters. The third-order valence-electron chi connectivity index (χ3n) is 6.27. The van der Waals surface area contributed by atoms with Crippen LogP contribution in [-0.4, -0.2) is 64.6 Å². The molecule has 0 unspecified atom stereocenters. The van der Waals surface area contributed by atoms with Crippen molar-refractivity contribution < 1.29 is 27.1 Å². The monoisotopic (exact) mass is 577 g/mol. The van der Waals surface area contributed by atoms with E-state index in [4.69, 9.17) is 16.3 Å². The van der Waals surface area contributed by atoms with E-state index in [2.05, 4.69) is 21.5 Å². The molecule has 1 aliphatic rings. The number of rotatable bonds is 5. The number of fused-ring (bicyclic) bond motifs is 2. The maximum atomic E-state index is 13.9. The van der Waals surface area contributed by atoms with Crippen molar-refractivity contribution in [3.8, 4) is 17.1 Å². The molecule has 4 aromatic rings. The zero-order valence-electron chi connectivity index (χ0n) is 20.4. The number of ether oxygens (including phenoxy) is 1. The summed E-state index contributed by atoms with van der Waals surface area (Å²) in [5, 5.41) is 1.73. The van der Waals surface area contributed by atoms with Crippen LogP contribution in [0.4, 0.5) is 23.4 Å². The maximum absolute atomic E-state index is 13.9. The zero-order chi connectivity index (χ0) is 27.9. The van der Waals surface area contributed by atoms with Crippen molar-refractivity contribution in [1.29, 1.82) is 0 Å². The summed E-state index contributed by atoms with van der Waals surface area (Å²) in [6.45, 7) is 3.83. The topological polar surface area (TPSA) is 71.5 Å². The van der Waals surface area contributed by atoms with Crippen LogP contribution in [0, 0.1) is 0 Å². The Morgan fingerprint density at radius 3 is 2.38 bits per heavy atom. The van der Waals surface area contributed by atoms with E-state index in [0.717, 1.165) is 5.39 Å². The Kier molecular flexibility index (Phi) is 7.25. The predicted octanol–water partition coefficient (Wildman–Crippen LogP) is 6.25. The van der Waals surface area contributed by atoms with Gasteiger partial charge in [-0.3, -0.25) is 4.79 Å². The van der Waals surface area contributed by atoms with Crippen LogP contribution in [0.2, 0.25) is 5.02 Å². The van der Waals surface area contributed by atoms with Gasteiger partial charge in [-0.2, -0.15) is 23.1 Å². The van der Waals surface area contributed by atoms with Crippen LogP contribution >= 0.6 is 23.4 Å². The van der Waals surface area contributed by atoms with Gasteiger partial charge in [0.15, 0.2) is 11.6 Å². The number of amides is 1. The van der Waals surface area contributed by atoms with E-state index in [0.29, 0.717) is 16.0 Å². The van der Waals surface area contributed by atoms with E-state index in [1.807, 2.05) is 12.1 Å². The Bertz CT molecular complexity index is 1600. The number of piperazine rings is 1. The van der Waals surface area contributed by atoms with Gasteiger partial charge in [0.25, 0.3) is 5.91 Å². The number of benzene rings is 2. The number of carbonyl (C=O) groups is 1. The zero-order valence-corrected chi connectivity index (χ0v) is 22.0. The fraction of sp³-hybridized carbons (Fsp3) is 0.231. The Morgan fingerprint density at radius 1 is 1.05 bits per heavy atom. The van der Waals surface area contributed by atoms with Crippen LogP contribution in [0.15, 0.2) is 59.9 Å². The van der Waals surface area contributed by atoms with Gasteiger partial charge in [0, 0.05) is 48.3 Å². The first-order valence-corrected chi connectivity index (χ1v) is 12.8. The molecule has 0 bridgehead atoms. The Hall–Kier alpha value is -3.64. The summed E-state index contributed by atoms with van der Waals surface area (Å²) < 4.78 is 60.4. The molecule has 1 fully saturated rings. The highest BCUT2D eigenvalue weighted by Crippen LogP contribution is 2.47. The molecule has 7 nitrogen and oxygen atoms in total. The van der Waals surface area contributed by atoms with Gasteiger partial charge in [-0.25, -0.2) is 9.37 Å². The second kappa shape index (κ2) is 10.5. The molecule has 1 aliphatic heterocycles. The minimum absolute atomic E-state index is 0.0450. The summed E-state index contributed by atoms with van der Waals surface area (Å²) >= 11 is 6.18. The SMILES string of the molecule is C=C(F)C(=O)N1CCN(c2nc(OC)nc3c(SC(F)(F)F)c(-c4cccc5cccc(Cl)c45)cnc23)CC1. The number of alkyl halides is 3. The molecule has 0 saturated carbocycles. The molecule has 0 N–H and O–H groups in total. The first kappa shape index (κ1) is 26.9. The van der Waals surface area contributed by atoms with Crippen LogP contribution in [0.5, 0.6) is 6.01 Å². The summed E-state index contributed by atoms with van der Waals surface area (Å²) in [5.41, 5.74) is -3.89. The van der Waals surface area contributed by atoms with Gasteiger partial charge in [0.1, 0.15) is 11.0 Å². The van der Waals surface area contributed by atoms with Gasteiger partial charge >= 0.3 is 11.5 Å². The van der Waals surface area contributed by atoms with Crippen LogP contribution in [0.3, 0.4) is 0 Å². The molecule has 3 heterocycles. The highest BCUT2D eigenvalue weighted by Gasteiger charge is 2.34. The molecular weight excluding hydrogens is 558 g/mol. The van der Waals surface area contributed by atoms with Crippen LogP contribution in [0.1, 0.15) is 0 Å². The number of carbonyl (C=O) groups excluding carboxylic acids is 1. The van der Waals surface area contributed by atoms with Crippen molar-refractivity contribution >= 4 is 56.9 Å². The number of thioether (sulfide) groups is 1. The number of hydrogen-bond donors (Lipinski definition) is 0. The largest absolute Gasteiger partial charge is 0.467 e. The van der Waals surface area contributed by atoms with Crippen molar-refractivity contribution in [3.63, 3.8) is 0 Å². The van der Waals surface area contributed by atoms with Gasteiger partial charge < -0.3 is 14.5 Å². The standard InChI is InChI=1S/C26H20ClF4N5O2S/c1-14(28)24(37)36-11-9-35(10-12-36)23-21-20(33-25(34-23)38-2)22(39-26(29,30)31)17(13-32-21)16-7-3-5-15-6-4-8-18(27)19(15)16/h3-8,13H,1,9-12H2,2H3. The van der Waals surface area contributed by atoms with E-state index in [1.165, 1.54) is 18.2 Å². The predicted molar refractivity (Wildman–Crippen MR) is 143 cm³/mol. The summed E-state index contributed by atoms with van der Waals surface area (Å²) in [6.07, 6.45) is 1.36. The lowest BCUT2D eigenvalue weighted by molar-refractivity contribution is -0.128. The molecule has 1 saturated heterocycles. The Labute approximate surface area is 229 Å². The van der Waals surface area contributed by atoms with Gasteiger partial charge in [0.2, 0.25) is 0 Å². The molecule has 5 rings (SSSR count). The number of nitrogens with zero attached hydrogens (tertiary/aromatic N) is 5. The Morgan fingerprint density at radius 2 is 1.74 bits per heavy atom. The van der Waals surface area contributed by atoms with E-state index in [9.17, 15) is 22.4 Å². The quantitative estimate of drug-likeness (QED) is 0.158. The third-order valence-corrected chi connectivity index (χ3v) is 7.43. The second-order valence-corrected chi connectivity index (χ2v) is 10.1. The third kappa shape index (κ3) is 5.30. The van der Waals surface area contributed by atoms with E-state index >= 15 is 0 Å². The van der Waals surface area contributed by atoms with Gasteiger partial charge in [0.05, 0.1) is 12.0 Å². The molecular formula is C26H20ClF4N5O2S. The lowest BCUT2D eigenvalue weighted by Crippen LogP contribution is -2.49. The summed E-state index contributed by atoms with van der Waals surface area (Å²) in [7, 11) is 1.31. The van der Waals surface area contributed by atoms with Crippen molar-refractivity contribution in [2.75, 3.05) is 38.2 Å². The lowest BCUT2D eigenvalue weighted by Gasteiger charge is -2.35. The fourth-order valence-corrected chi connectivity index (χ4v) is 5.58. The normalized spacial score (nSPS) is 14.2. The number of halogens is 5. The number of aromatic nitrogens is 3. The summed E-state index contributed by atoms with van der Waals surface area (Å²) in [6, 6.07) is 10.4. The van der Waals surface area contributed by atoms with Crippen LogP contribution in [-0.2, 0) is 4.79 Å². The number of hydrogen-bond acceptors (Lipinski definition) is 7. The fourth-order valence-electron chi connectivity index (χ4n) is 4.55. The van der Waals surface area contributed by atoms with Gasteiger partial charge in [-0.1, -0.05) is 48.5 Å². The highest BCUT2D eigenvalue weighted by molar-refractivity contribution is 8.00. The lowest BCUT2D eigenvalue weighted by atomic mass is 9.99. The second-order valence-electron chi connectivity index (χ2n) is 8.61. The van der Waals surface area contributed by atoms with Crippen LogP contribution in [0.25, 0.3) is 32.9 Å². The Balaban J connectivity index is 1.69. The molecule has 13 heteroatoms. The van der Waals surface area contributed by atoms with Gasteiger partial charge in [-0.05, 0) is 28.8 Å². The smallest absolute Gasteiger partial charge is 0.446 e. The van der Waals surface area contributed by atoms with Crippen molar-refractivity contribution in [2.24, 2.45) is 0 Å². The first-order chi connectivity index (χ1) is 18.6. The molecule has 202 valence electrons. The molecule has 2 aromatic carbocycles. The van der Waals surface area contributed by atoms with E-state index < -0.39 is 17.2 Å². The molecule has 39 heavy (non-hydrogen) atoms. The van der Waals surface area contributed by atoms with Gasteiger partial charge in [-0.15, -0.1) is 0 Å². The van der Waals surface area contributed by atoms with E-state index in [-0.39, 0.29) is 71.3 Å². The molecule has 1 amide bonds. The summed E-state index contributed by atoms with van der Waals surface area (Å²) in [5.74, 6) is -1.62. The van der Waals surface area contributed by atoms with E-state index in [1.54, 1.807) is 29.2 Å². The minimum atomic E-state index is -4.64. The number of anilines is 1. The van der Waals surface area contributed by atoms with Crippen molar-refractivity contribution in [3.05, 3.63) is 60.0 Å². The maximum Gasteiger partial charge on any atom is 0.446 e. The highest BCUT2D eigenvalue weighted by atomic mass is 35.5. The molecule has 0 aliphatic carbocycles. The van der Waals surface area contributed by atoms with Crippen molar-refractivity contribution in [2.45, 2.75) is 10.4 Å². The number of methoxy groups -OCH3 is 1. The molecule has 0 radical (unpaired) electrons. The van der Waals surface area contributed by atoms with Crippen molar-refractivity contribution in [1.82, 2.24) is 19.9 Å². The molecule has 0 spiro atoms. The van der Waals surface area contributed by atoms with Crippen LogP contribution < -0.4 is 9.64 Å². The average molecular weight is 578 g/mol. The number of pyridine rings is 1. The average Bonchev–Trinajstić information content (AvgIpc) is 2.91. The minimum Gasteiger partial charge on any atom is -0.467 e. The molecule has 2 aromatic heterocycles. The first-order valence-electron chi connectivity index (χ1n) is 11.6. The summed E-state index contributed by atoms with van der Waals surface area (Å²) in [4.78, 5) is 28.0.